The first-order chi connectivity index (χ1) is 16.5. The fraction of sp³-hybridized carbons (Fsp3) is 0.192. The first kappa shape index (κ1) is 23.1. The van der Waals surface area contributed by atoms with Crippen LogP contribution in [0, 0.1) is 0 Å². The van der Waals surface area contributed by atoms with Crippen molar-refractivity contribution in [2.45, 2.75) is 24.7 Å². The van der Waals surface area contributed by atoms with Crippen LogP contribution >= 0.6 is 0 Å². The molecule has 0 unspecified atom stereocenters. The van der Waals surface area contributed by atoms with E-state index in [4.69, 9.17) is 18.9 Å². The molecule has 1 fully saturated rings. The minimum absolute atomic E-state index is 0.185. The average molecular weight is 464 g/mol. The van der Waals surface area contributed by atoms with E-state index >= 15 is 0 Å². The normalized spacial score (nSPS) is 21.8. The maximum absolute atomic E-state index is 14.9. The molecular weight excluding hydrogens is 443 g/mol. The molecule has 3 aromatic rings. The summed E-state index contributed by atoms with van der Waals surface area (Å²) in [6.45, 7) is -0.529. The molecule has 0 N–H and O–H groups in total. The maximum atomic E-state index is 14.9. The summed E-state index contributed by atoms with van der Waals surface area (Å²) in [5.41, 5.74) is 0.594. The van der Waals surface area contributed by atoms with E-state index in [2.05, 4.69) is 0 Å². The smallest absolute Gasteiger partial charge is 0.340 e. The van der Waals surface area contributed by atoms with Gasteiger partial charge in [-0.2, -0.15) is 0 Å². The highest BCUT2D eigenvalue weighted by molar-refractivity contribution is 5.91. The van der Waals surface area contributed by atoms with E-state index in [1.165, 1.54) is 36.4 Å². The summed E-state index contributed by atoms with van der Waals surface area (Å²) in [6, 6.07) is 24.1. The predicted molar refractivity (Wildman–Crippen MR) is 118 cm³/mol. The van der Waals surface area contributed by atoms with E-state index in [1.54, 1.807) is 54.6 Å². The van der Waals surface area contributed by atoms with E-state index < -0.39 is 49.2 Å². The molecule has 4 rings (SSSR count). The molecule has 174 valence electrons. The van der Waals surface area contributed by atoms with Crippen molar-refractivity contribution in [3.05, 3.63) is 108 Å². The Bertz CT molecular complexity index is 1120. The number of carbonyl (C=O) groups excluding carboxylic acids is 3. The van der Waals surface area contributed by atoms with Crippen LogP contribution < -0.4 is 0 Å². The lowest BCUT2D eigenvalue weighted by Gasteiger charge is -2.37. The van der Waals surface area contributed by atoms with Gasteiger partial charge in [-0.25, -0.2) is 18.8 Å². The Kier molecular flexibility index (Phi) is 7.29. The summed E-state index contributed by atoms with van der Waals surface area (Å²) >= 11 is 0. The van der Waals surface area contributed by atoms with Crippen LogP contribution in [0.25, 0.3) is 0 Å². The molecule has 4 atom stereocenters. The zero-order valence-corrected chi connectivity index (χ0v) is 17.9. The van der Waals surface area contributed by atoms with Crippen LogP contribution in [-0.4, -0.2) is 49.2 Å². The number of halogens is 1. The second kappa shape index (κ2) is 10.7. The zero-order valence-electron chi connectivity index (χ0n) is 17.9. The summed E-state index contributed by atoms with van der Waals surface area (Å²) in [5.74, 6) is -2.40. The van der Waals surface area contributed by atoms with Crippen LogP contribution in [0.3, 0.4) is 0 Å². The molecule has 1 aliphatic heterocycles. The molecule has 0 spiro atoms. The fourth-order valence-electron chi connectivity index (χ4n) is 3.38. The van der Waals surface area contributed by atoms with E-state index in [0.717, 1.165) is 0 Å². The van der Waals surface area contributed by atoms with Gasteiger partial charge in [0.2, 0.25) is 12.4 Å². The number of carbonyl (C=O) groups is 3. The Morgan fingerprint density at radius 2 is 1.00 bits per heavy atom. The molecule has 0 aromatic heterocycles. The number of ether oxygens (including phenoxy) is 4. The molecule has 8 heteroatoms. The van der Waals surface area contributed by atoms with Crippen molar-refractivity contribution < 1.29 is 37.7 Å². The highest BCUT2D eigenvalue weighted by Gasteiger charge is 2.48. The lowest BCUT2D eigenvalue weighted by Crippen LogP contribution is -2.56. The monoisotopic (exact) mass is 464 g/mol. The number of hydrogen-bond donors (Lipinski definition) is 0. The molecule has 1 saturated heterocycles. The lowest BCUT2D eigenvalue weighted by molar-refractivity contribution is -0.240. The van der Waals surface area contributed by atoms with Crippen LogP contribution in [0.5, 0.6) is 0 Å². The second-order valence-corrected chi connectivity index (χ2v) is 7.46. The Morgan fingerprint density at radius 1 is 0.618 bits per heavy atom. The maximum Gasteiger partial charge on any atom is 0.340 e. The van der Waals surface area contributed by atoms with Crippen molar-refractivity contribution >= 4 is 17.9 Å². The Balaban J connectivity index is 1.59. The SMILES string of the molecule is O=C(O[C@H]1OC[C@@H](F)[C@H](OC(=O)c2ccccc2)[C@H]1OC(=O)c1ccccc1)c1ccccc1. The van der Waals surface area contributed by atoms with Crippen molar-refractivity contribution in [3.63, 3.8) is 0 Å². The number of alkyl halides is 1. The predicted octanol–water partition coefficient (Wildman–Crippen LogP) is 3.99. The largest absolute Gasteiger partial charge is 0.451 e. The van der Waals surface area contributed by atoms with Crippen LogP contribution in [-0.2, 0) is 18.9 Å². The molecule has 0 amide bonds. The van der Waals surface area contributed by atoms with Gasteiger partial charge < -0.3 is 18.9 Å². The topological polar surface area (TPSA) is 88.1 Å². The Labute approximate surface area is 195 Å². The van der Waals surface area contributed by atoms with Crippen LogP contribution in [0.2, 0.25) is 0 Å². The molecular formula is C26H21FO7. The highest BCUT2D eigenvalue weighted by atomic mass is 19.1. The van der Waals surface area contributed by atoms with Crippen LogP contribution in [0.4, 0.5) is 4.39 Å². The first-order valence-corrected chi connectivity index (χ1v) is 10.6. The molecule has 0 bridgehead atoms. The summed E-state index contributed by atoms with van der Waals surface area (Å²) in [6.07, 6.45) is -6.44. The van der Waals surface area contributed by atoms with Crippen molar-refractivity contribution in [1.29, 1.82) is 0 Å². The van der Waals surface area contributed by atoms with E-state index in [1.807, 2.05) is 0 Å². The van der Waals surface area contributed by atoms with Gasteiger partial charge in [-0.3, -0.25) is 0 Å². The van der Waals surface area contributed by atoms with Crippen molar-refractivity contribution in [3.8, 4) is 0 Å². The van der Waals surface area contributed by atoms with Gasteiger partial charge in [-0.1, -0.05) is 54.6 Å². The van der Waals surface area contributed by atoms with Crippen LogP contribution in [0.15, 0.2) is 91.0 Å². The lowest BCUT2D eigenvalue weighted by atomic mass is 10.1. The zero-order chi connectivity index (χ0) is 23.9. The van der Waals surface area contributed by atoms with Gasteiger partial charge >= 0.3 is 17.9 Å². The van der Waals surface area contributed by atoms with Gasteiger partial charge in [0.25, 0.3) is 0 Å². The standard InChI is InChI=1S/C26H21FO7/c27-20-16-31-26(34-25(30)19-14-8-3-9-15-19)22(33-24(29)18-12-6-2-7-13-18)21(20)32-23(28)17-10-4-1-5-11-17/h1-15,20-22,26H,16H2/t20-,21+,22-,26-/m1/s1. The molecule has 3 aromatic carbocycles. The number of hydrogen-bond acceptors (Lipinski definition) is 7. The Hall–Kier alpha value is -4.04. The molecule has 0 radical (unpaired) electrons. The fourth-order valence-corrected chi connectivity index (χ4v) is 3.38. The summed E-state index contributed by atoms with van der Waals surface area (Å²) in [7, 11) is 0. The Morgan fingerprint density at radius 3 is 1.44 bits per heavy atom. The summed E-state index contributed by atoms with van der Waals surface area (Å²) in [4.78, 5) is 38.0. The number of rotatable bonds is 6. The molecule has 1 aliphatic rings. The first-order valence-electron chi connectivity index (χ1n) is 10.6. The quantitative estimate of drug-likeness (QED) is 0.403. The summed E-state index contributed by atoms with van der Waals surface area (Å²) < 4.78 is 36.6. The number of benzene rings is 3. The van der Waals surface area contributed by atoms with Crippen LogP contribution in [0.1, 0.15) is 31.1 Å². The third-order valence-corrected chi connectivity index (χ3v) is 5.11. The van der Waals surface area contributed by atoms with Crippen molar-refractivity contribution in [1.82, 2.24) is 0 Å². The number of esters is 3. The van der Waals surface area contributed by atoms with Gasteiger partial charge in [0.05, 0.1) is 23.3 Å². The average Bonchev–Trinajstić information content (AvgIpc) is 2.89. The highest BCUT2D eigenvalue weighted by Crippen LogP contribution is 2.27. The van der Waals surface area contributed by atoms with Gasteiger partial charge in [0.1, 0.15) is 0 Å². The molecule has 0 aliphatic carbocycles. The van der Waals surface area contributed by atoms with E-state index in [0.29, 0.717) is 0 Å². The minimum atomic E-state index is -1.83. The van der Waals surface area contributed by atoms with Gasteiger partial charge in [-0.05, 0) is 36.4 Å². The third-order valence-electron chi connectivity index (χ3n) is 5.11. The van der Waals surface area contributed by atoms with E-state index in [-0.39, 0.29) is 16.7 Å². The molecule has 1 heterocycles. The van der Waals surface area contributed by atoms with Crippen molar-refractivity contribution in [2.75, 3.05) is 6.61 Å². The summed E-state index contributed by atoms with van der Waals surface area (Å²) in [5, 5.41) is 0. The second-order valence-electron chi connectivity index (χ2n) is 7.46. The van der Waals surface area contributed by atoms with Crippen molar-refractivity contribution in [2.24, 2.45) is 0 Å². The van der Waals surface area contributed by atoms with Gasteiger partial charge in [0.15, 0.2) is 12.3 Å². The molecule has 7 nitrogen and oxygen atoms in total. The van der Waals surface area contributed by atoms with Gasteiger partial charge in [0, 0.05) is 0 Å². The molecule has 0 saturated carbocycles. The molecule has 34 heavy (non-hydrogen) atoms. The third kappa shape index (κ3) is 5.47. The van der Waals surface area contributed by atoms with E-state index in [9.17, 15) is 18.8 Å². The minimum Gasteiger partial charge on any atom is -0.451 e. The van der Waals surface area contributed by atoms with Gasteiger partial charge in [-0.15, -0.1) is 0 Å².